The van der Waals surface area contributed by atoms with Crippen LogP contribution in [0.3, 0.4) is 0 Å². The first-order chi connectivity index (χ1) is 5.60. The normalized spacial score (nSPS) is 14.5. The molecule has 0 spiro atoms. The van der Waals surface area contributed by atoms with E-state index in [4.69, 9.17) is 16.9 Å². The maximum atomic E-state index is 11.0. The van der Waals surface area contributed by atoms with Crippen molar-refractivity contribution in [1.82, 2.24) is 0 Å². The topological polar surface area (TPSA) is 59.3 Å². The van der Waals surface area contributed by atoms with Gasteiger partial charge < -0.3 is 9.47 Å². The number of halogens is 1. The summed E-state index contributed by atoms with van der Waals surface area (Å²) < 4.78 is 9.19. The molecule has 0 aromatic heterocycles. The molecular formula is C7H10ClNO3. The molecule has 0 rings (SSSR count). The number of carbonyl (C=O) groups excluding carboxylic acids is 1. The van der Waals surface area contributed by atoms with Crippen molar-refractivity contribution in [1.29, 1.82) is 5.26 Å². The first-order valence-corrected chi connectivity index (χ1v) is 3.75. The molecule has 1 unspecified atom stereocenters. The molecule has 0 aliphatic heterocycles. The lowest BCUT2D eigenvalue weighted by molar-refractivity contribution is -0.145. The summed E-state index contributed by atoms with van der Waals surface area (Å²) in [6.07, 6.45) is 0. The van der Waals surface area contributed by atoms with Crippen LogP contribution in [0, 0.1) is 11.3 Å². The van der Waals surface area contributed by atoms with Crippen LogP contribution in [0.25, 0.3) is 0 Å². The fourth-order valence-electron chi connectivity index (χ4n) is 0.581. The van der Waals surface area contributed by atoms with Crippen LogP contribution in [0.5, 0.6) is 0 Å². The molecule has 0 saturated heterocycles. The Bertz CT molecular complexity index is 201. The summed E-state index contributed by atoms with van der Waals surface area (Å²) in [4.78, 5) is 9.33. The summed E-state index contributed by atoms with van der Waals surface area (Å²) in [5, 5.41) is 8.55. The number of esters is 1. The van der Waals surface area contributed by atoms with Gasteiger partial charge in [0.15, 0.2) is 0 Å². The Balaban J connectivity index is 4.32. The third-order valence-electron chi connectivity index (χ3n) is 1.12. The number of ether oxygens (including phenoxy) is 2. The lowest BCUT2D eigenvalue weighted by Gasteiger charge is -2.15. The number of alkyl halides is 1. The molecule has 0 aromatic carbocycles. The summed E-state index contributed by atoms with van der Waals surface area (Å²) in [6, 6.07) is 1.63. The summed E-state index contributed by atoms with van der Waals surface area (Å²) in [5.74, 6) is -0.768. The minimum absolute atomic E-state index is 0.177. The van der Waals surface area contributed by atoms with Gasteiger partial charge in [0.25, 0.3) is 0 Å². The molecule has 0 N–H and O–H groups in total. The average molecular weight is 192 g/mol. The molecule has 0 aliphatic rings. The predicted molar refractivity (Wildman–Crippen MR) is 42.7 cm³/mol. The van der Waals surface area contributed by atoms with Crippen LogP contribution in [-0.2, 0) is 14.3 Å². The molecule has 0 amide bonds. The summed E-state index contributed by atoms with van der Waals surface area (Å²) in [7, 11) is 1.35. The van der Waals surface area contributed by atoms with Crippen molar-refractivity contribution < 1.29 is 14.3 Å². The molecule has 1 atom stereocenters. The van der Waals surface area contributed by atoms with Crippen molar-refractivity contribution in [3.05, 3.63) is 0 Å². The van der Waals surface area contributed by atoms with Crippen LogP contribution in [0.4, 0.5) is 0 Å². The van der Waals surface area contributed by atoms with Gasteiger partial charge in [0.2, 0.25) is 4.87 Å². The number of hydrogen-bond acceptors (Lipinski definition) is 4. The van der Waals surface area contributed by atoms with E-state index in [1.165, 1.54) is 7.11 Å². The Kier molecular flexibility index (Phi) is 4.64. The standard InChI is InChI=1S/C7H10ClNO3/c1-3-12-6(10)7(8,4-9)5-11-2/h3,5H2,1-2H3. The fourth-order valence-corrected chi connectivity index (χ4v) is 0.745. The van der Waals surface area contributed by atoms with Crippen LogP contribution < -0.4 is 0 Å². The molecule has 0 heterocycles. The van der Waals surface area contributed by atoms with E-state index in [9.17, 15) is 4.79 Å². The van der Waals surface area contributed by atoms with Gasteiger partial charge in [0, 0.05) is 7.11 Å². The highest BCUT2D eigenvalue weighted by Gasteiger charge is 2.38. The van der Waals surface area contributed by atoms with Gasteiger partial charge in [-0.25, -0.2) is 4.79 Å². The molecule has 5 heteroatoms. The van der Waals surface area contributed by atoms with E-state index in [0.717, 1.165) is 0 Å². The van der Waals surface area contributed by atoms with E-state index in [1.54, 1.807) is 13.0 Å². The minimum Gasteiger partial charge on any atom is -0.464 e. The van der Waals surface area contributed by atoms with Crippen molar-refractivity contribution in [2.45, 2.75) is 11.8 Å². The number of hydrogen-bond donors (Lipinski definition) is 0. The monoisotopic (exact) mass is 191 g/mol. The SMILES string of the molecule is CCOC(=O)C(Cl)(C#N)COC. The molecule has 12 heavy (non-hydrogen) atoms. The lowest BCUT2D eigenvalue weighted by atomic mass is 10.2. The van der Waals surface area contributed by atoms with Gasteiger partial charge in [-0.1, -0.05) is 11.6 Å². The Labute approximate surface area is 76.0 Å². The van der Waals surface area contributed by atoms with Crippen molar-refractivity contribution >= 4 is 17.6 Å². The van der Waals surface area contributed by atoms with E-state index in [-0.39, 0.29) is 13.2 Å². The van der Waals surface area contributed by atoms with Crippen molar-refractivity contribution in [2.75, 3.05) is 20.3 Å². The first-order valence-electron chi connectivity index (χ1n) is 3.37. The fraction of sp³-hybridized carbons (Fsp3) is 0.714. The number of rotatable bonds is 4. The Morgan fingerprint density at radius 3 is 2.67 bits per heavy atom. The van der Waals surface area contributed by atoms with Crippen LogP contribution in [-0.4, -0.2) is 31.2 Å². The quantitative estimate of drug-likeness (QED) is 0.485. The van der Waals surface area contributed by atoms with E-state index in [2.05, 4.69) is 9.47 Å². The Morgan fingerprint density at radius 1 is 1.75 bits per heavy atom. The van der Waals surface area contributed by atoms with Crippen LogP contribution in [0.1, 0.15) is 6.92 Å². The van der Waals surface area contributed by atoms with E-state index < -0.39 is 10.8 Å². The number of nitriles is 1. The highest BCUT2D eigenvalue weighted by molar-refractivity contribution is 6.36. The predicted octanol–water partition coefficient (Wildman–Crippen LogP) is 0.697. The molecule has 0 bridgehead atoms. The van der Waals surface area contributed by atoms with Gasteiger partial charge in [0.05, 0.1) is 13.2 Å². The van der Waals surface area contributed by atoms with Gasteiger partial charge in [0.1, 0.15) is 6.07 Å². The Morgan fingerprint density at radius 2 is 2.33 bits per heavy atom. The molecule has 0 fully saturated rings. The van der Waals surface area contributed by atoms with Crippen LogP contribution in [0.15, 0.2) is 0 Å². The summed E-state index contributed by atoms with van der Waals surface area (Å²) in [6.45, 7) is 1.65. The molecule has 0 aromatic rings. The average Bonchev–Trinajstić information content (AvgIpc) is 2.05. The first kappa shape index (κ1) is 11.2. The Hall–Kier alpha value is -0.790. The van der Waals surface area contributed by atoms with Gasteiger partial charge in [-0.3, -0.25) is 0 Å². The zero-order valence-corrected chi connectivity index (χ0v) is 7.72. The van der Waals surface area contributed by atoms with Crippen LogP contribution in [0.2, 0.25) is 0 Å². The van der Waals surface area contributed by atoms with Crippen molar-refractivity contribution in [3.63, 3.8) is 0 Å². The zero-order valence-electron chi connectivity index (χ0n) is 6.96. The maximum Gasteiger partial charge on any atom is 0.344 e. The molecular weight excluding hydrogens is 182 g/mol. The molecule has 0 saturated carbocycles. The summed E-state index contributed by atoms with van der Waals surface area (Å²) in [5.41, 5.74) is 0. The van der Waals surface area contributed by atoms with E-state index in [1.807, 2.05) is 0 Å². The van der Waals surface area contributed by atoms with E-state index >= 15 is 0 Å². The van der Waals surface area contributed by atoms with Crippen LogP contribution >= 0.6 is 11.6 Å². The van der Waals surface area contributed by atoms with Crippen molar-refractivity contribution in [2.24, 2.45) is 0 Å². The molecule has 0 aliphatic carbocycles. The number of nitrogens with zero attached hydrogens (tertiary/aromatic N) is 1. The van der Waals surface area contributed by atoms with E-state index in [0.29, 0.717) is 0 Å². The highest BCUT2D eigenvalue weighted by Crippen LogP contribution is 2.16. The minimum atomic E-state index is -1.70. The molecule has 68 valence electrons. The third-order valence-corrected chi connectivity index (χ3v) is 1.47. The second-order valence-corrected chi connectivity index (χ2v) is 2.71. The third kappa shape index (κ3) is 2.68. The lowest BCUT2D eigenvalue weighted by Crippen LogP contribution is -2.37. The van der Waals surface area contributed by atoms with Gasteiger partial charge >= 0.3 is 5.97 Å². The zero-order chi connectivity index (χ0) is 9.61. The highest BCUT2D eigenvalue weighted by atomic mass is 35.5. The number of carbonyl (C=O) groups is 1. The largest absolute Gasteiger partial charge is 0.464 e. The maximum absolute atomic E-state index is 11.0. The van der Waals surface area contributed by atoms with Gasteiger partial charge in [-0.15, -0.1) is 0 Å². The second-order valence-electron chi connectivity index (χ2n) is 2.07. The molecule has 0 radical (unpaired) electrons. The van der Waals surface area contributed by atoms with Gasteiger partial charge in [-0.05, 0) is 6.92 Å². The summed E-state index contributed by atoms with van der Waals surface area (Å²) >= 11 is 5.59. The van der Waals surface area contributed by atoms with Gasteiger partial charge in [-0.2, -0.15) is 5.26 Å². The van der Waals surface area contributed by atoms with Crippen molar-refractivity contribution in [3.8, 4) is 6.07 Å². The number of methoxy groups -OCH3 is 1. The smallest absolute Gasteiger partial charge is 0.344 e. The molecule has 4 nitrogen and oxygen atoms in total. The second kappa shape index (κ2) is 4.96.